The molecule has 2 fully saturated rings. The normalized spacial score (nSPS) is 19.7. The second-order valence-corrected chi connectivity index (χ2v) is 9.40. The van der Waals surface area contributed by atoms with Crippen LogP contribution in [0.2, 0.25) is 5.02 Å². The van der Waals surface area contributed by atoms with Gasteiger partial charge in [-0.3, -0.25) is 4.79 Å². The zero-order valence-electron chi connectivity index (χ0n) is 15.0. The molecule has 2 saturated heterocycles. The van der Waals surface area contributed by atoms with E-state index >= 15 is 0 Å². The number of sulfonamides is 1. The Bertz CT molecular complexity index is 754. The van der Waals surface area contributed by atoms with Gasteiger partial charge in [0.1, 0.15) is 10.6 Å². The van der Waals surface area contributed by atoms with E-state index in [0.717, 1.165) is 38.8 Å². The number of benzene rings is 1. The fourth-order valence-electron chi connectivity index (χ4n) is 3.36. The molecule has 26 heavy (non-hydrogen) atoms. The van der Waals surface area contributed by atoms with E-state index in [2.05, 4.69) is 6.92 Å². The molecule has 2 heterocycles. The van der Waals surface area contributed by atoms with Gasteiger partial charge in [0.15, 0.2) is 6.61 Å². The molecule has 0 aliphatic carbocycles. The lowest BCUT2D eigenvalue weighted by Gasteiger charge is -2.30. The molecule has 0 unspecified atom stereocenters. The van der Waals surface area contributed by atoms with E-state index in [4.69, 9.17) is 16.3 Å². The first kappa shape index (κ1) is 19.5. The smallest absolute Gasteiger partial charge is 0.260 e. The molecule has 0 saturated carbocycles. The monoisotopic (exact) mass is 400 g/mol. The zero-order valence-corrected chi connectivity index (χ0v) is 16.6. The number of piperidine rings is 1. The van der Waals surface area contributed by atoms with E-state index in [1.807, 2.05) is 0 Å². The van der Waals surface area contributed by atoms with Crippen molar-refractivity contribution in [3.05, 3.63) is 23.2 Å². The molecule has 2 aliphatic rings. The van der Waals surface area contributed by atoms with Crippen molar-refractivity contribution >= 4 is 27.5 Å². The van der Waals surface area contributed by atoms with Crippen molar-refractivity contribution in [3.63, 3.8) is 0 Å². The van der Waals surface area contributed by atoms with E-state index in [0.29, 0.717) is 24.0 Å². The second kappa shape index (κ2) is 8.15. The predicted octanol–water partition coefficient (Wildman–Crippen LogP) is 2.76. The maximum absolute atomic E-state index is 12.9. The van der Waals surface area contributed by atoms with Gasteiger partial charge in [0.05, 0.1) is 0 Å². The summed E-state index contributed by atoms with van der Waals surface area (Å²) < 4.78 is 32.8. The minimum atomic E-state index is -3.67. The highest BCUT2D eigenvalue weighted by Gasteiger charge is 2.30. The molecule has 0 spiro atoms. The maximum Gasteiger partial charge on any atom is 0.260 e. The van der Waals surface area contributed by atoms with Crippen molar-refractivity contribution in [2.45, 2.75) is 37.5 Å². The van der Waals surface area contributed by atoms with Gasteiger partial charge in [0, 0.05) is 31.2 Å². The minimum Gasteiger partial charge on any atom is -0.482 e. The van der Waals surface area contributed by atoms with E-state index < -0.39 is 10.0 Å². The van der Waals surface area contributed by atoms with Crippen LogP contribution >= 0.6 is 11.6 Å². The first-order valence-electron chi connectivity index (χ1n) is 9.08. The number of carbonyl (C=O) groups excluding carboxylic acids is 1. The SMILES string of the molecule is CC1CCN(C(=O)COc2ccc(Cl)cc2S(=O)(=O)N2CCCC2)CC1. The topological polar surface area (TPSA) is 66.9 Å². The van der Waals surface area contributed by atoms with Crippen molar-refractivity contribution in [1.29, 1.82) is 0 Å². The Morgan fingerprint density at radius 1 is 1.19 bits per heavy atom. The van der Waals surface area contributed by atoms with Crippen LogP contribution in [0.1, 0.15) is 32.6 Å². The Hall–Kier alpha value is -1.31. The van der Waals surface area contributed by atoms with Gasteiger partial charge in [-0.2, -0.15) is 4.31 Å². The van der Waals surface area contributed by atoms with E-state index in [9.17, 15) is 13.2 Å². The van der Waals surface area contributed by atoms with Crippen molar-refractivity contribution in [1.82, 2.24) is 9.21 Å². The van der Waals surface area contributed by atoms with Crippen LogP contribution in [0, 0.1) is 5.92 Å². The third kappa shape index (κ3) is 4.32. The molecule has 144 valence electrons. The Morgan fingerprint density at radius 3 is 2.50 bits per heavy atom. The van der Waals surface area contributed by atoms with Gasteiger partial charge >= 0.3 is 0 Å². The zero-order chi connectivity index (χ0) is 18.7. The molecule has 6 nitrogen and oxygen atoms in total. The maximum atomic E-state index is 12.9. The number of amides is 1. The standard InChI is InChI=1S/C18H25ClN2O4S/c1-14-6-10-20(11-7-14)18(22)13-25-16-5-4-15(19)12-17(16)26(23,24)21-8-2-3-9-21/h4-5,12,14H,2-3,6-11,13H2,1H3. The van der Waals surface area contributed by atoms with Gasteiger partial charge in [-0.05, 0) is 49.8 Å². The summed E-state index contributed by atoms with van der Waals surface area (Å²) in [7, 11) is -3.67. The van der Waals surface area contributed by atoms with Gasteiger partial charge in [-0.15, -0.1) is 0 Å². The fraction of sp³-hybridized carbons (Fsp3) is 0.611. The average Bonchev–Trinajstić information content (AvgIpc) is 3.16. The lowest BCUT2D eigenvalue weighted by Crippen LogP contribution is -2.40. The summed E-state index contributed by atoms with van der Waals surface area (Å²) in [6.07, 6.45) is 3.67. The Morgan fingerprint density at radius 2 is 1.85 bits per heavy atom. The molecular formula is C18H25ClN2O4S. The molecule has 1 aromatic carbocycles. The summed E-state index contributed by atoms with van der Waals surface area (Å²) in [4.78, 5) is 14.2. The molecule has 0 atom stereocenters. The number of carbonyl (C=O) groups is 1. The number of likely N-dealkylation sites (tertiary alicyclic amines) is 1. The molecule has 8 heteroatoms. The molecule has 0 N–H and O–H groups in total. The number of nitrogens with zero attached hydrogens (tertiary/aromatic N) is 2. The Labute approximate surface area is 160 Å². The van der Waals surface area contributed by atoms with Gasteiger partial charge in [0.2, 0.25) is 10.0 Å². The van der Waals surface area contributed by atoms with Gasteiger partial charge in [0.25, 0.3) is 5.91 Å². The van der Waals surface area contributed by atoms with Crippen LogP contribution < -0.4 is 4.74 Å². The molecule has 0 radical (unpaired) electrons. The van der Waals surface area contributed by atoms with E-state index in [-0.39, 0.29) is 23.2 Å². The van der Waals surface area contributed by atoms with E-state index in [1.165, 1.54) is 16.4 Å². The van der Waals surface area contributed by atoms with E-state index in [1.54, 1.807) is 11.0 Å². The minimum absolute atomic E-state index is 0.0342. The van der Waals surface area contributed by atoms with Crippen LogP contribution in [-0.4, -0.2) is 56.3 Å². The molecule has 0 bridgehead atoms. The summed E-state index contributed by atoms with van der Waals surface area (Å²) in [5, 5.41) is 0.325. The van der Waals surface area contributed by atoms with Crippen molar-refractivity contribution < 1.29 is 17.9 Å². The number of rotatable bonds is 5. The van der Waals surface area contributed by atoms with Crippen molar-refractivity contribution in [2.24, 2.45) is 5.92 Å². The molecule has 1 aromatic rings. The van der Waals surface area contributed by atoms with Crippen LogP contribution in [-0.2, 0) is 14.8 Å². The molecular weight excluding hydrogens is 376 g/mol. The van der Waals surface area contributed by atoms with Crippen LogP contribution in [0.4, 0.5) is 0 Å². The highest BCUT2D eigenvalue weighted by molar-refractivity contribution is 7.89. The van der Waals surface area contributed by atoms with Gasteiger partial charge in [-0.1, -0.05) is 18.5 Å². The molecule has 1 amide bonds. The summed E-state index contributed by atoms with van der Waals surface area (Å²) >= 11 is 6.01. The quantitative estimate of drug-likeness (QED) is 0.762. The van der Waals surface area contributed by atoms with Crippen LogP contribution in [0.5, 0.6) is 5.75 Å². The third-order valence-electron chi connectivity index (χ3n) is 5.08. The summed E-state index contributed by atoms with van der Waals surface area (Å²) in [5.74, 6) is 0.699. The number of hydrogen-bond donors (Lipinski definition) is 0. The fourth-order valence-corrected chi connectivity index (χ4v) is 5.27. The molecule has 2 aliphatic heterocycles. The first-order valence-corrected chi connectivity index (χ1v) is 10.9. The second-order valence-electron chi connectivity index (χ2n) is 7.05. The molecule has 3 rings (SSSR count). The number of ether oxygens (including phenoxy) is 1. The summed E-state index contributed by atoms with van der Waals surface area (Å²) in [6, 6.07) is 4.50. The average molecular weight is 401 g/mol. The van der Waals surface area contributed by atoms with Crippen molar-refractivity contribution in [3.8, 4) is 5.75 Å². The number of hydrogen-bond acceptors (Lipinski definition) is 4. The van der Waals surface area contributed by atoms with Crippen molar-refractivity contribution in [2.75, 3.05) is 32.8 Å². The third-order valence-corrected chi connectivity index (χ3v) is 7.23. The molecule has 0 aromatic heterocycles. The van der Waals surface area contributed by atoms with Crippen LogP contribution in [0.25, 0.3) is 0 Å². The van der Waals surface area contributed by atoms with Crippen LogP contribution in [0.15, 0.2) is 23.1 Å². The number of halogens is 1. The lowest BCUT2D eigenvalue weighted by molar-refractivity contribution is -0.134. The van der Waals surface area contributed by atoms with Crippen LogP contribution in [0.3, 0.4) is 0 Å². The predicted molar refractivity (Wildman–Crippen MR) is 99.9 cm³/mol. The summed E-state index contributed by atoms with van der Waals surface area (Å²) in [5.41, 5.74) is 0. The first-order chi connectivity index (χ1) is 12.4. The van der Waals surface area contributed by atoms with Gasteiger partial charge in [-0.25, -0.2) is 8.42 Å². The Kier molecular flexibility index (Phi) is 6.10. The van der Waals surface area contributed by atoms with Gasteiger partial charge < -0.3 is 9.64 Å². The lowest BCUT2D eigenvalue weighted by atomic mass is 9.99. The highest BCUT2D eigenvalue weighted by atomic mass is 35.5. The highest BCUT2D eigenvalue weighted by Crippen LogP contribution is 2.31. The Balaban J connectivity index is 1.73. The summed E-state index contributed by atoms with van der Waals surface area (Å²) in [6.45, 7) is 4.46. The largest absolute Gasteiger partial charge is 0.482 e.